The molecule has 1 aliphatic rings. The largest absolute Gasteiger partial charge is 0.385 e. The van der Waals surface area contributed by atoms with E-state index in [9.17, 15) is 0 Å². The zero-order valence-electron chi connectivity index (χ0n) is 13.2. The predicted molar refractivity (Wildman–Crippen MR) is 86.2 cm³/mol. The van der Waals surface area contributed by atoms with Crippen molar-refractivity contribution in [1.82, 2.24) is 9.97 Å². The highest BCUT2D eigenvalue weighted by Crippen LogP contribution is 2.27. The van der Waals surface area contributed by atoms with E-state index in [0.717, 1.165) is 17.1 Å². The number of rotatable bonds is 2. The van der Waals surface area contributed by atoms with Gasteiger partial charge in [-0.1, -0.05) is 45.0 Å². The fourth-order valence-corrected chi connectivity index (χ4v) is 1.79. The Labute approximate surface area is 126 Å². The Balaban J connectivity index is 0.000000510. The number of oxime groups is 1. The van der Waals surface area contributed by atoms with Crippen LogP contribution in [0.5, 0.6) is 0 Å². The summed E-state index contributed by atoms with van der Waals surface area (Å²) in [5.74, 6) is 0. The molecule has 0 N–H and O–H groups in total. The molecule has 4 heteroatoms. The van der Waals surface area contributed by atoms with Gasteiger partial charge in [0.15, 0.2) is 6.10 Å². The van der Waals surface area contributed by atoms with Gasteiger partial charge in [0.05, 0.1) is 11.4 Å². The highest BCUT2D eigenvalue weighted by Gasteiger charge is 2.25. The van der Waals surface area contributed by atoms with Crippen molar-refractivity contribution >= 4 is 5.71 Å². The normalized spacial score (nSPS) is 15.6. The zero-order valence-corrected chi connectivity index (χ0v) is 13.2. The molecule has 21 heavy (non-hydrogen) atoms. The summed E-state index contributed by atoms with van der Waals surface area (Å²) in [5, 5.41) is 4.08. The van der Waals surface area contributed by atoms with E-state index in [1.807, 2.05) is 64.1 Å². The van der Waals surface area contributed by atoms with Crippen LogP contribution in [0.3, 0.4) is 0 Å². The molecule has 1 atom stereocenters. The van der Waals surface area contributed by atoms with Crippen LogP contribution in [0.25, 0.3) is 0 Å². The zero-order chi connectivity index (χ0) is 15.5. The molecule has 0 aromatic carbocycles. The summed E-state index contributed by atoms with van der Waals surface area (Å²) in [5.41, 5.74) is 2.65. The van der Waals surface area contributed by atoms with Gasteiger partial charge in [-0.05, 0) is 24.3 Å². The summed E-state index contributed by atoms with van der Waals surface area (Å²) in [6.07, 6.45) is 4.14. The van der Waals surface area contributed by atoms with Gasteiger partial charge < -0.3 is 4.84 Å². The van der Waals surface area contributed by atoms with Crippen molar-refractivity contribution in [2.24, 2.45) is 5.16 Å². The van der Waals surface area contributed by atoms with Crippen LogP contribution >= 0.6 is 0 Å². The third-order valence-electron chi connectivity index (χ3n) is 2.65. The number of aromatic nitrogens is 2. The van der Waals surface area contributed by atoms with Crippen LogP contribution in [0.4, 0.5) is 0 Å². The molecule has 0 saturated heterocycles. The fourth-order valence-electron chi connectivity index (χ4n) is 1.79. The lowest BCUT2D eigenvalue weighted by Crippen LogP contribution is -2.04. The Kier molecular flexibility index (Phi) is 7.72. The molecule has 0 bridgehead atoms. The topological polar surface area (TPSA) is 47.4 Å². The molecule has 0 saturated carbocycles. The third kappa shape index (κ3) is 4.67. The molecule has 0 spiro atoms. The van der Waals surface area contributed by atoms with E-state index < -0.39 is 0 Å². The van der Waals surface area contributed by atoms with Crippen molar-refractivity contribution in [3.05, 3.63) is 60.2 Å². The SMILES string of the molecule is CC.CC.c1ccc(C2=NOC(c3ccccn3)C2)nc1. The van der Waals surface area contributed by atoms with E-state index in [0.29, 0.717) is 6.42 Å². The van der Waals surface area contributed by atoms with Crippen LogP contribution in [0.15, 0.2) is 53.9 Å². The first-order chi connectivity index (χ1) is 10.4. The maximum absolute atomic E-state index is 5.39. The first-order valence-electron chi connectivity index (χ1n) is 7.48. The maximum Gasteiger partial charge on any atom is 0.175 e. The number of pyridine rings is 2. The van der Waals surface area contributed by atoms with Gasteiger partial charge >= 0.3 is 0 Å². The van der Waals surface area contributed by atoms with E-state index in [1.54, 1.807) is 12.4 Å². The van der Waals surface area contributed by atoms with Crippen molar-refractivity contribution < 1.29 is 4.84 Å². The van der Waals surface area contributed by atoms with Crippen LogP contribution in [-0.2, 0) is 4.84 Å². The van der Waals surface area contributed by atoms with E-state index in [4.69, 9.17) is 4.84 Å². The van der Waals surface area contributed by atoms with Gasteiger partial charge in [0.25, 0.3) is 0 Å². The average molecular weight is 285 g/mol. The van der Waals surface area contributed by atoms with Crippen molar-refractivity contribution in [3.8, 4) is 0 Å². The van der Waals surface area contributed by atoms with Crippen molar-refractivity contribution in [2.75, 3.05) is 0 Å². The molecule has 0 aliphatic carbocycles. The van der Waals surface area contributed by atoms with Gasteiger partial charge in [0.1, 0.15) is 5.71 Å². The molecule has 2 aromatic rings. The fraction of sp³-hybridized carbons (Fsp3) is 0.353. The molecule has 112 valence electrons. The average Bonchev–Trinajstić information content (AvgIpc) is 3.10. The first kappa shape index (κ1) is 16.8. The minimum atomic E-state index is -0.0896. The highest BCUT2D eigenvalue weighted by atomic mass is 16.6. The Hall–Kier alpha value is -2.23. The van der Waals surface area contributed by atoms with E-state index >= 15 is 0 Å². The quantitative estimate of drug-likeness (QED) is 0.822. The van der Waals surface area contributed by atoms with Gasteiger partial charge in [-0.15, -0.1) is 0 Å². The molecule has 2 aromatic heterocycles. The molecule has 3 heterocycles. The van der Waals surface area contributed by atoms with Crippen LogP contribution in [-0.4, -0.2) is 15.7 Å². The van der Waals surface area contributed by atoms with Crippen molar-refractivity contribution in [3.63, 3.8) is 0 Å². The number of nitrogens with zero attached hydrogens (tertiary/aromatic N) is 3. The van der Waals surface area contributed by atoms with E-state index in [1.165, 1.54) is 0 Å². The molecule has 1 unspecified atom stereocenters. The number of hydrogen-bond acceptors (Lipinski definition) is 4. The first-order valence-corrected chi connectivity index (χ1v) is 7.48. The minimum Gasteiger partial charge on any atom is -0.385 e. The van der Waals surface area contributed by atoms with E-state index in [2.05, 4.69) is 15.1 Å². The summed E-state index contributed by atoms with van der Waals surface area (Å²) in [6, 6.07) is 11.5. The standard InChI is InChI=1S/C13H11N3O.2C2H6/c1-3-7-14-10(5-1)12-9-13(17-16-12)11-6-2-4-8-15-11;2*1-2/h1-8,13H,9H2;2*1-2H3. The summed E-state index contributed by atoms with van der Waals surface area (Å²) >= 11 is 0. The number of hydrogen-bond donors (Lipinski definition) is 0. The van der Waals surface area contributed by atoms with Crippen molar-refractivity contribution in [2.45, 2.75) is 40.2 Å². The Morgan fingerprint density at radius 1 is 0.905 bits per heavy atom. The summed E-state index contributed by atoms with van der Waals surface area (Å²) in [6.45, 7) is 8.00. The second-order valence-corrected chi connectivity index (χ2v) is 3.81. The predicted octanol–water partition coefficient (Wildman–Crippen LogP) is 4.39. The van der Waals surface area contributed by atoms with Gasteiger partial charge in [-0.3, -0.25) is 9.97 Å². The molecule has 0 fully saturated rings. The lowest BCUT2D eigenvalue weighted by molar-refractivity contribution is 0.0826. The van der Waals surface area contributed by atoms with Crippen LogP contribution in [0.2, 0.25) is 0 Å². The van der Waals surface area contributed by atoms with E-state index in [-0.39, 0.29) is 6.10 Å². The summed E-state index contributed by atoms with van der Waals surface area (Å²) in [4.78, 5) is 13.9. The molecule has 1 aliphatic heterocycles. The smallest absolute Gasteiger partial charge is 0.175 e. The van der Waals surface area contributed by atoms with Gasteiger partial charge in [-0.2, -0.15) is 0 Å². The minimum absolute atomic E-state index is 0.0896. The van der Waals surface area contributed by atoms with Crippen LogP contribution in [0, 0.1) is 0 Å². The Morgan fingerprint density at radius 3 is 2.14 bits per heavy atom. The monoisotopic (exact) mass is 285 g/mol. The van der Waals surface area contributed by atoms with Crippen molar-refractivity contribution in [1.29, 1.82) is 0 Å². The lowest BCUT2D eigenvalue weighted by atomic mass is 10.1. The molecular weight excluding hydrogens is 262 g/mol. The Bertz CT molecular complexity index is 526. The molecule has 0 radical (unpaired) electrons. The molecule has 3 rings (SSSR count). The highest BCUT2D eigenvalue weighted by molar-refractivity contribution is 5.99. The van der Waals surface area contributed by atoms with Crippen LogP contribution in [0.1, 0.15) is 51.6 Å². The summed E-state index contributed by atoms with van der Waals surface area (Å²) < 4.78 is 0. The molecule has 0 amide bonds. The Morgan fingerprint density at radius 2 is 1.57 bits per heavy atom. The summed E-state index contributed by atoms with van der Waals surface area (Å²) in [7, 11) is 0. The molecular formula is C17H23N3O. The van der Waals surface area contributed by atoms with Gasteiger partial charge in [-0.25, -0.2) is 0 Å². The van der Waals surface area contributed by atoms with Gasteiger partial charge in [0.2, 0.25) is 0 Å². The molecule has 4 nitrogen and oxygen atoms in total. The second kappa shape index (κ2) is 9.64. The maximum atomic E-state index is 5.39. The second-order valence-electron chi connectivity index (χ2n) is 3.81. The van der Waals surface area contributed by atoms with Gasteiger partial charge in [0, 0.05) is 18.8 Å². The lowest BCUT2D eigenvalue weighted by Gasteiger charge is -2.05. The van der Waals surface area contributed by atoms with Crippen LogP contribution < -0.4 is 0 Å². The third-order valence-corrected chi connectivity index (χ3v) is 2.65.